The van der Waals surface area contributed by atoms with Gasteiger partial charge in [0.15, 0.2) is 0 Å². The van der Waals surface area contributed by atoms with Crippen LogP contribution in [0.1, 0.15) is 57.3 Å². The molecule has 1 aliphatic rings. The van der Waals surface area contributed by atoms with Gasteiger partial charge in [0.05, 0.1) is 6.10 Å². The molecule has 2 unspecified atom stereocenters. The van der Waals surface area contributed by atoms with E-state index in [1.807, 2.05) is 6.07 Å². The van der Waals surface area contributed by atoms with Gasteiger partial charge in [-0.15, -0.1) is 0 Å². The van der Waals surface area contributed by atoms with E-state index in [1.165, 1.54) is 12.0 Å². The highest BCUT2D eigenvalue weighted by Crippen LogP contribution is 2.38. The summed E-state index contributed by atoms with van der Waals surface area (Å²) in [7, 11) is 0. The quantitative estimate of drug-likeness (QED) is 0.813. The predicted molar refractivity (Wildman–Crippen MR) is 71.9 cm³/mol. The number of benzene rings is 1. The van der Waals surface area contributed by atoms with Crippen LogP contribution in [0.25, 0.3) is 0 Å². The molecule has 0 bridgehead atoms. The SMILES string of the molecule is CC(C)(C)CCC1CCc2ccccc2C1O. The van der Waals surface area contributed by atoms with Gasteiger partial charge in [-0.25, -0.2) is 0 Å². The molecule has 1 nitrogen and oxygen atoms in total. The van der Waals surface area contributed by atoms with Gasteiger partial charge in [-0.05, 0) is 48.1 Å². The molecular weight excluding hydrogens is 208 g/mol. The topological polar surface area (TPSA) is 20.2 Å². The molecule has 1 aliphatic carbocycles. The molecule has 1 aromatic rings. The first-order valence-electron chi connectivity index (χ1n) is 6.73. The molecule has 0 fully saturated rings. The van der Waals surface area contributed by atoms with E-state index in [2.05, 4.69) is 39.0 Å². The summed E-state index contributed by atoms with van der Waals surface area (Å²) in [6.45, 7) is 6.82. The van der Waals surface area contributed by atoms with Crippen LogP contribution in [0.3, 0.4) is 0 Å². The maximum Gasteiger partial charge on any atom is 0.0820 e. The number of fused-ring (bicyclic) bond motifs is 1. The van der Waals surface area contributed by atoms with Crippen LogP contribution in [0.5, 0.6) is 0 Å². The first-order valence-corrected chi connectivity index (χ1v) is 6.73. The lowest BCUT2D eigenvalue weighted by Gasteiger charge is -2.32. The van der Waals surface area contributed by atoms with Crippen molar-refractivity contribution in [2.24, 2.45) is 11.3 Å². The van der Waals surface area contributed by atoms with Gasteiger partial charge in [0.1, 0.15) is 0 Å². The maximum atomic E-state index is 10.4. The number of rotatable bonds is 2. The lowest BCUT2D eigenvalue weighted by atomic mass is 9.76. The summed E-state index contributed by atoms with van der Waals surface area (Å²) in [4.78, 5) is 0. The lowest BCUT2D eigenvalue weighted by molar-refractivity contribution is 0.0811. The van der Waals surface area contributed by atoms with Crippen molar-refractivity contribution in [1.82, 2.24) is 0 Å². The number of hydrogen-bond donors (Lipinski definition) is 1. The van der Waals surface area contributed by atoms with Crippen LogP contribution in [-0.2, 0) is 6.42 Å². The lowest BCUT2D eigenvalue weighted by Crippen LogP contribution is -2.22. The molecule has 0 radical (unpaired) electrons. The summed E-state index contributed by atoms with van der Waals surface area (Å²) in [6, 6.07) is 8.34. The molecule has 0 aliphatic heterocycles. The van der Waals surface area contributed by atoms with Crippen molar-refractivity contribution in [1.29, 1.82) is 0 Å². The second-order valence-corrected chi connectivity index (χ2v) is 6.54. The molecule has 0 aromatic heterocycles. The average molecular weight is 232 g/mol. The Balaban J connectivity index is 2.05. The largest absolute Gasteiger partial charge is 0.388 e. The first kappa shape index (κ1) is 12.6. The van der Waals surface area contributed by atoms with E-state index >= 15 is 0 Å². The van der Waals surface area contributed by atoms with E-state index in [-0.39, 0.29) is 6.10 Å². The Labute approximate surface area is 105 Å². The average Bonchev–Trinajstić information content (AvgIpc) is 2.27. The Morgan fingerprint density at radius 3 is 2.65 bits per heavy atom. The Hall–Kier alpha value is -0.820. The number of hydrogen-bond acceptors (Lipinski definition) is 1. The number of aliphatic hydroxyl groups excluding tert-OH is 1. The predicted octanol–water partition coefficient (Wildman–Crippen LogP) is 4.11. The Kier molecular flexibility index (Phi) is 3.58. The summed E-state index contributed by atoms with van der Waals surface area (Å²) in [5.41, 5.74) is 2.88. The Morgan fingerprint density at radius 2 is 1.94 bits per heavy atom. The minimum absolute atomic E-state index is 0.248. The van der Waals surface area contributed by atoms with Gasteiger partial charge in [-0.1, -0.05) is 45.0 Å². The van der Waals surface area contributed by atoms with Crippen molar-refractivity contribution in [3.8, 4) is 0 Å². The molecule has 17 heavy (non-hydrogen) atoms. The minimum Gasteiger partial charge on any atom is -0.388 e. The molecule has 0 amide bonds. The highest BCUT2D eigenvalue weighted by Gasteiger charge is 2.28. The van der Waals surface area contributed by atoms with E-state index in [0.29, 0.717) is 11.3 Å². The first-order chi connectivity index (χ1) is 7.97. The summed E-state index contributed by atoms with van der Waals surface area (Å²) >= 11 is 0. The van der Waals surface area contributed by atoms with E-state index in [4.69, 9.17) is 0 Å². The zero-order chi connectivity index (χ0) is 12.5. The maximum absolute atomic E-state index is 10.4. The van der Waals surface area contributed by atoms with Crippen LogP contribution >= 0.6 is 0 Å². The van der Waals surface area contributed by atoms with E-state index in [9.17, 15) is 5.11 Å². The molecule has 1 N–H and O–H groups in total. The molecule has 0 spiro atoms. The number of aryl methyl sites for hydroxylation is 1. The summed E-state index contributed by atoms with van der Waals surface area (Å²) in [5.74, 6) is 0.448. The molecule has 1 heteroatoms. The molecule has 1 aromatic carbocycles. The second-order valence-electron chi connectivity index (χ2n) is 6.54. The highest BCUT2D eigenvalue weighted by atomic mass is 16.3. The Bertz CT molecular complexity index is 375. The number of aliphatic hydroxyl groups is 1. The monoisotopic (exact) mass is 232 g/mol. The van der Waals surface area contributed by atoms with Crippen LogP contribution in [-0.4, -0.2) is 5.11 Å². The third-order valence-corrected chi connectivity index (χ3v) is 3.87. The second kappa shape index (κ2) is 4.81. The van der Waals surface area contributed by atoms with Gasteiger partial charge in [0, 0.05) is 0 Å². The van der Waals surface area contributed by atoms with Crippen LogP contribution in [0.15, 0.2) is 24.3 Å². The van der Waals surface area contributed by atoms with Crippen LogP contribution in [0.4, 0.5) is 0 Å². The minimum atomic E-state index is -0.248. The third kappa shape index (κ3) is 3.10. The van der Waals surface area contributed by atoms with Gasteiger partial charge in [-0.3, -0.25) is 0 Å². The van der Waals surface area contributed by atoms with Crippen molar-refractivity contribution in [3.05, 3.63) is 35.4 Å². The van der Waals surface area contributed by atoms with Gasteiger partial charge in [0.2, 0.25) is 0 Å². The van der Waals surface area contributed by atoms with E-state index < -0.39 is 0 Å². The molecule has 94 valence electrons. The molecule has 0 saturated heterocycles. The van der Waals surface area contributed by atoms with Crippen LogP contribution in [0.2, 0.25) is 0 Å². The highest BCUT2D eigenvalue weighted by molar-refractivity contribution is 5.31. The van der Waals surface area contributed by atoms with Gasteiger partial charge >= 0.3 is 0 Å². The zero-order valence-electron chi connectivity index (χ0n) is 11.2. The van der Waals surface area contributed by atoms with Crippen molar-refractivity contribution >= 4 is 0 Å². The zero-order valence-corrected chi connectivity index (χ0v) is 11.2. The fourth-order valence-electron chi connectivity index (χ4n) is 2.72. The van der Waals surface area contributed by atoms with Gasteiger partial charge < -0.3 is 5.11 Å². The molecular formula is C16H24O. The van der Waals surface area contributed by atoms with Gasteiger partial charge in [0.25, 0.3) is 0 Å². The van der Waals surface area contributed by atoms with Crippen LogP contribution < -0.4 is 0 Å². The Morgan fingerprint density at radius 1 is 1.24 bits per heavy atom. The third-order valence-electron chi connectivity index (χ3n) is 3.87. The van der Waals surface area contributed by atoms with E-state index in [0.717, 1.165) is 24.8 Å². The standard InChI is InChI=1S/C16H24O/c1-16(2,3)11-10-13-9-8-12-6-4-5-7-14(12)15(13)17/h4-7,13,15,17H,8-11H2,1-3H3. The fraction of sp³-hybridized carbons (Fsp3) is 0.625. The van der Waals surface area contributed by atoms with Crippen LogP contribution in [0, 0.1) is 11.3 Å². The van der Waals surface area contributed by atoms with Crippen molar-refractivity contribution in [2.75, 3.05) is 0 Å². The molecule has 2 atom stereocenters. The van der Waals surface area contributed by atoms with Gasteiger partial charge in [-0.2, -0.15) is 0 Å². The summed E-state index contributed by atoms with van der Waals surface area (Å²) in [6.07, 6.45) is 4.34. The normalized spacial score (nSPS) is 24.5. The molecule has 2 rings (SSSR count). The summed E-state index contributed by atoms with van der Waals surface area (Å²) in [5, 5.41) is 10.4. The van der Waals surface area contributed by atoms with Crippen molar-refractivity contribution in [3.63, 3.8) is 0 Å². The van der Waals surface area contributed by atoms with E-state index in [1.54, 1.807) is 0 Å². The van der Waals surface area contributed by atoms with Crippen molar-refractivity contribution < 1.29 is 5.11 Å². The smallest absolute Gasteiger partial charge is 0.0820 e. The molecule has 0 heterocycles. The summed E-state index contributed by atoms with van der Waals surface area (Å²) < 4.78 is 0. The fourth-order valence-corrected chi connectivity index (χ4v) is 2.72. The van der Waals surface area contributed by atoms with Crippen molar-refractivity contribution in [2.45, 2.75) is 52.6 Å². The molecule has 0 saturated carbocycles.